The molecule has 0 saturated carbocycles. The van der Waals surface area contributed by atoms with Crippen molar-refractivity contribution in [3.05, 3.63) is 27.9 Å². The lowest BCUT2D eigenvalue weighted by Crippen LogP contribution is -2.17. The van der Waals surface area contributed by atoms with Gasteiger partial charge in [-0.05, 0) is 13.5 Å². The molecule has 0 aliphatic heterocycles. The number of rotatable bonds is 3. The van der Waals surface area contributed by atoms with Crippen LogP contribution in [0.15, 0.2) is 10.9 Å². The Morgan fingerprint density at radius 2 is 2.42 bits per heavy atom. The number of aromatic nitrogens is 2. The van der Waals surface area contributed by atoms with Crippen LogP contribution in [0.5, 0.6) is 0 Å². The summed E-state index contributed by atoms with van der Waals surface area (Å²) >= 11 is 0. The fourth-order valence-corrected chi connectivity index (χ4v) is 0.985. The van der Waals surface area contributed by atoms with Crippen LogP contribution >= 0.6 is 0 Å². The van der Waals surface area contributed by atoms with Crippen molar-refractivity contribution < 1.29 is 0 Å². The van der Waals surface area contributed by atoms with Gasteiger partial charge in [-0.3, -0.25) is 4.79 Å². The number of H-pyrrole nitrogens is 1. The van der Waals surface area contributed by atoms with Gasteiger partial charge >= 0.3 is 0 Å². The van der Waals surface area contributed by atoms with Gasteiger partial charge in [-0.15, -0.1) is 0 Å². The molecule has 0 aromatic carbocycles. The summed E-state index contributed by atoms with van der Waals surface area (Å²) in [6, 6.07) is 1.51. The first-order valence-corrected chi connectivity index (χ1v) is 4.00. The lowest BCUT2D eigenvalue weighted by atomic mass is 10.4. The van der Waals surface area contributed by atoms with E-state index in [9.17, 15) is 4.79 Å². The quantitative estimate of drug-likeness (QED) is 0.675. The zero-order valence-corrected chi connectivity index (χ0v) is 7.35. The molecule has 0 atom stereocenters. The molecule has 1 aromatic rings. The number of aromatic amines is 1. The molecule has 0 radical (unpaired) electrons. The number of hydrogen-bond donors (Lipinski definition) is 2. The Morgan fingerprint density at radius 1 is 1.67 bits per heavy atom. The van der Waals surface area contributed by atoms with Gasteiger partial charge < -0.3 is 10.3 Å². The maximum Gasteiger partial charge on any atom is 0.251 e. The highest BCUT2D eigenvalue weighted by molar-refractivity contribution is 5.01. The molecule has 4 nitrogen and oxygen atoms in total. The predicted octanol–water partition coefficient (Wildman–Crippen LogP) is 0.188. The third kappa shape index (κ3) is 2.47. The molecular weight excluding hydrogens is 154 g/mol. The van der Waals surface area contributed by atoms with Gasteiger partial charge in [0.2, 0.25) is 0 Å². The minimum absolute atomic E-state index is 0.0876. The summed E-state index contributed by atoms with van der Waals surface area (Å²) in [5.41, 5.74) is 0.702. The van der Waals surface area contributed by atoms with Crippen molar-refractivity contribution in [2.45, 2.75) is 20.4 Å². The first-order valence-electron chi connectivity index (χ1n) is 4.00. The minimum Gasteiger partial charge on any atom is -0.311 e. The topological polar surface area (TPSA) is 57.8 Å². The molecular formula is C8H13N3O. The second-order valence-corrected chi connectivity index (χ2v) is 2.60. The van der Waals surface area contributed by atoms with Crippen LogP contribution in [-0.4, -0.2) is 16.5 Å². The Bertz CT molecular complexity index is 305. The maximum absolute atomic E-state index is 11.0. The molecule has 4 heteroatoms. The number of aryl methyl sites for hydroxylation is 1. The summed E-state index contributed by atoms with van der Waals surface area (Å²) in [5.74, 6) is 0.662. The van der Waals surface area contributed by atoms with Crippen LogP contribution in [0.3, 0.4) is 0 Å². The lowest BCUT2D eigenvalue weighted by Gasteiger charge is -2.00. The van der Waals surface area contributed by atoms with Crippen LogP contribution in [-0.2, 0) is 6.54 Å². The Hall–Kier alpha value is -1.16. The molecule has 0 aliphatic carbocycles. The van der Waals surface area contributed by atoms with Gasteiger partial charge in [0.15, 0.2) is 0 Å². The van der Waals surface area contributed by atoms with E-state index in [1.165, 1.54) is 6.07 Å². The molecule has 66 valence electrons. The van der Waals surface area contributed by atoms with E-state index in [0.717, 1.165) is 12.2 Å². The van der Waals surface area contributed by atoms with Crippen LogP contribution in [0, 0.1) is 6.92 Å². The van der Waals surface area contributed by atoms with Crippen molar-refractivity contribution >= 4 is 0 Å². The monoisotopic (exact) mass is 167 g/mol. The number of hydrogen-bond acceptors (Lipinski definition) is 3. The van der Waals surface area contributed by atoms with E-state index in [1.807, 2.05) is 6.92 Å². The first kappa shape index (κ1) is 8.93. The summed E-state index contributed by atoms with van der Waals surface area (Å²) in [4.78, 5) is 17.7. The summed E-state index contributed by atoms with van der Waals surface area (Å²) in [6.07, 6.45) is 0. The molecule has 0 unspecified atom stereocenters. The molecule has 0 bridgehead atoms. The van der Waals surface area contributed by atoms with Crippen molar-refractivity contribution in [3.8, 4) is 0 Å². The average molecular weight is 167 g/mol. The standard InChI is InChI=1S/C8H13N3O/c1-3-9-5-7-4-8(12)11-6(2)10-7/h4,9H,3,5H2,1-2H3,(H,10,11,12). The Balaban J connectivity index is 2.79. The van der Waals surface area contributed by atoms with Crippen molar-refractivity contribution in [2.24, 2.45) is 0 Å². The minimum atomic E-state index is -0.0876. The summed E-state index contributed by atoms with van der Waals surface area (Å²) < 4.78 is 0. The Morgan fingerprint density at radius 3 is 3.00 bits per heavy atom. The highest BCUT2D eigenvalue weighted by atomic mass is 16.1. The van der Waals surface area contributed by atoms with Gasteiger partial charge in [-0.25, -0.2) is 4.98 Å². The van der Waals surface area contributed by atoms with Crippen LogP contribution in [0.2, 0.25) is 0 Å². The molecule has 12 heavy (non-hydrogen) atoms. The summed E-state index contributed by atoms with van der Waals surface area (Å²) in [7, 11) is 0. The molecule has 1 rings (SSSR count). The smallest absolute Gasteiger partial charge is 0.251 e. The summed E-state index contributed by atoms with van der Waals surface area (Å²) in [5, 5.41) is 3.10. The van der Waals surface area contributed by atoms with E-state index in [-0.39, 0.29) is 5.56 Å². The van der Waals surface area contributed by atoms with E-state index in [2.05, 4.69) is 15.3 Å². The highest BCUT2D eigenvalue weighted by Crippen LogP contribution is 1.89. The second kappa shape index (κ2) is 4.01. The predicted molar refractivity (Wildman–Crippen MR) is 47.0 cm³/mol. The summed E-state index contributed by atoms with van der Waals surface area (Å²) in [6.45, 7) is 5.33. The zero-order chi connectivity index (χ0) is 8.97. The van der Waals surface area contributed by atoms with Crippen molar-refractivity contribution in [1.82, 2.24) is 15.3 Å². The third-order valence-corrected chi connectivity index (χ3v) is 1.47. The number of nitrogens with zero attached hydrogens (tertiary/aromatic N) is 1. The van der Waals surface area contributed by atoms with Crippen LogP contribution < -0.4 is 10.9 Å². The molecule has 1 aromatic heterocycles. The van der Waals surface area contributed by atoms with Crippen LogP contribution in [0.1, 0.15) is 18.4 Å². The van der Waals surface area contributed by atoms with Gasteiger partial charge in [-0.1, -0.05) is 6.92 Å². The molecule has 0 spiro atoms. The van der Waals surface area contributed by atoms with Gasteiger partial charge in [-0.2, -0.15) is 0 Å². The van der Waals surface area contributed by atoms with Crippen molar-refractivity contribution in [3.63, 3.8) is 0 Å². The number of nitrogens with one attached hydrogen (secondary N) is 2. The van der Waals surface area contributed by atoms with Gasteiger partial charge in [0.05, 0.1) is 5.69 Å². The molecule has 0 saturated heterocycles. The van der Waals surface area contributed by atoms with E-state index >= 15 is 0 Å². The third-order valence-electron chi connectivity index (χ3n) is 1.47. The molecule has 0 amide bonds. The SMILES string of the molecule is CCNCc1cc(=O)[nH]c(C)n1. The van der Waals surface area contributed by atoms with Crippen LogP contribution in [0.4, 0.5) is 0 Å². The van der Waals surface area contributed by atoms with E-state index in [4.69, 9.17) is 0 Å². The Kier molecular flexibility index (Phi) is 2.99. The van der Waals surface area contributed by atoms with Gasteiger partial charge in [0, 0.05) is 12.6 Å². The largest absolute Gasteiger partial charge is 0.311 e. The average Bonchev–Trinajstić information content (AvgIpc) is 1.99. The van der Waals surface area contributed by atoms with Crippen LogP contribution in [0.25, 0.3) is 0 Å². The molecule has 0 fully saturated rings. The lowest BCUT2D eigenvalue weighted by molar-refractivity contribution is 0.703. The fourth-order valence-electron chi connectivity index (χ4n) is 0.985. The van der Waals surface area contributed by atoms with Crippen molar-refractivity contribution in [2.75, 3.05) is 6.54 Å². The highest BCUT2D eigenvalue weighted by Gasteiger charge is 1.95. The van der Waals surface area contributed by atoms with E-state index in [1.54, 1.807) is 6.92 Å². The normalized spacial score (nSPS) is 10.2. The fraction of sp³-hybridized carbons (Fsp3) is 0.500. The molecule has 2 N–H and O–H groups in total. The van der Waals surface area contributed by atoms with Gasteiger partial charge in [0.25, 0.3) is 5.56 Å². The zero-order valence-electron chi connectivity index (χ0n) is 7.35. The van der Waals surface area contributed by atoms with E-state index < -0.39 is 0 Å². The molecule has 1 heterocycles. The van der Waals surface area contributed by atoms with Gasteiger partial charge in [0.1, 0.15) is 5.82 Å². The Labute approximate surface area is 71.0 Å². The van der Waals surface area contributed by atoms with Crippen molar-refractivity contribution in [1.29, 1.82) is 0 Å². The van der Waals surface area contributed by atoms with E-state index in [0.29, 0.717) is 12.4 Å². The second-order valence-electron chi connectivity index (χ2n) is 2.60. The first-order chi connectivity index (χ1) is 5.72. The maximum atomic E-state index is 11.0. The molecule has 0 aliphatic rings.